The molecular formula is C19H20FNOS. The van der Waals surface area contributed by atoms with Crippen LogP contribution in [0.15, 0.2) is 48.5 Å². The van der Waals surface area contributed by atoms with Gasteiger partial charge in [-0.2, -0.15) is 0 Å². The van der Waals surface area contributed by atoms with Crippen LogP contribution in [0.3, 0.4) is 0 Å². The quantitative estimate of drug-likeness (QED) is 0.781. The lowest BCUT2D eigenvalue weighted by atomic mass is 9.86. The Bertz CT molecular complexity index is 704. The lowest BCUT2D eigenvalue weighted by Crippen LogP contribution is -2.27. The van der Waals surface area contributed by atoms with Gasteiger partial charge in [0.25, 0.3) is 0 Å². The molecule has 1 saturated heterocycles. The summed E-state index contributed by atoms with van der Waals surface area (Å²) in [5.41, 5.74) is 3.21. The molecule has 0 aliphatic carbocycles. The van der Waals surface area contributed by atoms with Crippen LogP contribution >= 0.6 is 11.8 Å². The summed E-state index contributed by atoms with van der Waals surface area (Å²) >= 11 is 1.61. The first-order valence-electron chi connectivity index (χ1n) is 7.66. The Morgan fingerprint density at radius 1 is 1.04 bits per heavy atom. The molecule has 1 heterocycles. The number of amides is 1. The van der Waals surface area contributed by atoms with E-state index >= 15 is 0 Å². The Kier molecular flexibility index (Phi) is 4.19. The molecular weight excluding hydrogens is 309 g/mol. The Hall–Kier alpha value is -1.81. The monoisotopic (exact) mass is 329 g/mol. The summed E-state index contributed by atoms with van der Waals surface area (Å²) in [4.78, 5) is 14.0. The molecule has 0 N–H and O–H groups in total. The zero-order valence-electron chi connectivity index (χ0n) is 13.5. The lowest BCUT2D eigenvalue weighted by molar-refractivity contribution is -0.115. The van der Waals surface area contributed by atoms with E-state index in [1.165, 1.54) is 17.7 Å². The summed E-state index contributed by atoms with van der Waals surface area (Å²) in [5.74, 6) is 0.217. The summed E-state index contributed by atoms with van der Waals surface area (Å²) in [6, 6.07) is 14.5. The fourth-order valence-corrected chi connectivity index (χ4v) is 3.88. The van der Waals surface area contributed by atoms with E-state index in [1.807, 2.05) is 0 Å². The van der Waals surface area contributed by atoms with Crippen molar-refractivity contribution in [3.63, 3.8) is 0 Å². The molecule has 1 aliphatic rings. The van der Waals surface area contributed by atoms with Gasteiger partial charge in [-0.1, -0.05) is 45.0 Å². The van der Waals surface area contributed by atoms with Crippen molar-refractivity contribution >= 4 is 23.4 Å². The normalized spacial score (nSPS) is 18.5. The average Bonchev–Trinajstić information content (AvgIpc) is 2.89. The fraction of sp³-hybridized carbons (Fsp3) is 0.316. The highest BCUT2D eigenvalue weighted by Crippen LogP contribution is 2.42. The highest BCUT2D eigenvalue weighted by Gasteiger charge is 2.34. The standard InChI is InChI=1S/C19H20FNOS/c1-19(2,3)14-6-4-13(5-7-14)18-21(17(22)12-23-18)16-10-8-15(20)9-11-16/h4-11,18H,12H2,1-3H3/t18-/m1/s1. The molecule has 1 fully saturated rings. The van der Waals surface area contributed by atoms with Crippen molar-refractivity contribution in [2.24, 2.45) is 0 Å². The highest BCUT2D eigenvalue weighted by atomic mass is 32.2. The van der Waals surface area contributed by atoms with Crippen LogP contribution in [0.5, 0.6) is 0 Å². The van der Waals surface area contributed by atoms with Gasteiger partial charge in [-0.3, -0.25) is 9.69 Å². The van der Waals surface area contributed by atoms with Crippen molar-refractivity contribution in [2.75, 3.05) is 10.7 Å². The van der Waals surface area contributed by atoms with Gasteiger partial charge in [0.05, 0.1) is 5.75 Å². The van der Waals surface area contributed by atoms with Crippen molar-refractivity contribution in [3.05, 3.63) is 65.5 Å². The van der Waals surface area contributed by atoms with Gasteiger partial charge in [0.15, 0.2) is 0 Å². The third-order valence-corrected chi connectivity index (χ3v) is 5.25. The minimum absolute atomic E-state index is 0.0537. The number of benzene rings is 2. The Balaban J connectivity index is 1.91. The van der Waals surface area contributed by atoms with Crippen LogP contribution in [0.1, 0.15) is 37.3 Å². The van der Waals surface area contributed by atoms with E-state index in [4.69, 9.17) is 0 Å². The van der Waals surface area contributed by atoms with Gasteiger partial charge in [0.1, 0.15) is 11.2 Å². The predicted molar refractivity (Wildman–Crippen MR) is 94.2 cm³/mol. The SMILES string of the molecule is CC(C)(C)c1ccc([C@H]2SCC(=O)N2c2ccc(F)cc2)cc1. The molecule has 4 heteroatoms. The Labute approximate surface area is 140 Å². The zero-order chi connectivity index (χ0) is 16.6. The lowest BCUT2D eigenvalue weighted by Gasteiger charge is -2.25. The van der Waals surface area contributed by atoms with Crippen LogP contribution in [-0.2, 0) is 10.2 Å². The zero-order valence-corrected chi connectivity index (χ0v) is 14.4. The van der Waals surface area contributed by atoms with E-state index in [-0.39, 0.29) is 22.5 Å². The number of thioether (sulfide) groups is 1. The molecule has 0 bridgehead atoms. The van der Waals surface area contributed by atoms with Gasteiger partial charge in [0.2, 0.25) is 5.91 Å². The minimum atomic E-state index is -0.292. The maximum atomic E-state index is 13.1. The number of carbonyl (C=O) groups is 1. The van der Waals surface area contributed by atoms with E-state index in [0.29, 0.717) is 5.75 Å². The summed E-state index contributed by atoms with van der Waals surface area (Å²) in [6.07, 6.45) is 0. The van der Waals surface area contributed by atoms with E-state index < -0.39 is 0 Å². The molecule has 0 spiro atoms. The summed E-state index contributed by atoms with van der Waals surface area (Å²) in [6.45, 7) is 6.54. The minimum Gasteiger partial charge on any atom is -0.295 e. The molecule has 2 nitrogen and oxygen atoms in total. The molecule has 1 aliphatic heterocycles. The van der Waals surface area contributed by atoms with Gasteiger partial charge in [-0.25, -0.2) is 4.39 Å². The first kappa shape index (κ1) is 16.1. The van der Waals surface area contributed by atoms with Crippen molar-refractivity contribution in [3.8, 4) is 0 Å². The molecule has 0 saturated carbocycles. The van der Waals surface area contributed by atoms with Crippen LogP contribution in [0, 0.1) is 5.82 Å². The Morgan fingerprint density at radius 2 is 1.65 bits per heavy atom. The number of halogens is 1. The smallest absolute Gasteiger partial charge is 0.238 e. The first-order chi connectivity index (χ1) is 10.9. The number of anilines is 1. The molecule has 0 unspecified atom stereocenters. The molecule has 23 heavy (non-hydrogen) atoms. The van der Waals surface area contributed by atoms with E-state index in [2.05, 4.69) is 45.0 Å². The maximum Gasteiger partial charge on any atom is 0.238 e. The molecule has 2 aromatic carbocycles. The average molecular weight is 329 g/mol. The van der Waals surface area contributed by atoms with Gasteiger partial charge < -0.3 is 0 Å². The van der Waals surface area contributed by atoms with E-state index in [0.717, 1.165) is 11.3 Å². The van der Waals surface area contributed by atoms with Gasteiger partial charge >= 0.3 is 0 Å². The van der Waals surface area contributed by atoms with E-state index in [9.17, 15) is 9.18 Å². The van der Waals surface area contributed by atoms with Crippen LogP contribution in [0.2, 0.25) is 0 Å². The maximum absolute atomic E-state index is 13.1. The van der Waals surface area contributed by atoms with Crippen molar-refractivity contribution in [1.29, 1.82) is 0 Å². The van der Waals surface area contributed by atoms with Crippen LogP contribution < -0.4 is 4.90 Å². The summed E-state index contributed by atoms with van der Waals surface area (Å²) < 4.78 is 13.1. The molecule has 2 aromatic rings. The fourth-order valence-electron chi connectivity index (χ4n) is 2.70. The van der Waals surface area contributed by atoms with Gasteiger partial charge in [-0.15, -0.1) is 11.8 Å². The van der Waals surface area contributed by atoms with Crippen molar-refractivity contribution < 1.29 is 9.18 Å². The van der Waals surface area contributed by atoms with Crippen LogP contribution in [0.4, 0.5) is 10.1 Å². The van der Waals surface area contributed by atoms with Gasteiger partial charge in [0, 0.05) is 5.69 Å². The molecule has 0 radical (unpaired) electrons. The van der Waals surface area contributed by atoms with Gasteiger partial charge in [-0.05, 0) is 40.8 Å². The predicted octanol–water partition coefficient (Wildman–Crippen LogP) is 4.90. The molecule has 120 valence electrons. The van der Waals surface area contributed by atoms with Crippen molar-refractivity contribution in [2.45, 2.75) is 31.6 Å². The third kappa shape index (κ3) is 3.27. The number of carbonyl (C=O) groups excluding carboxylic acids is 1. The molecule has 1 amide bonds. The topological polar surface area (TPSA) is 20.3 Å². The summed E-state index contributed by atoms with van der Waals surface area (Å²) in [5, 5.41) is -0.0537. The number of hydrogen-bond donors (Lipinski definition) is 0. The largest absolute Gasteiger partial charge is 0.295 e. The third-order valence-electron chi connectivity index (χ3n) is 4.03. The molecule has 0 aromatic heterocycles. The first-order valence-corrected chi connectivity index (χ1v) is 8.71. The summed E-state index contributed by atoms with van der Waals surface area (Å²) in [7, 11) is 0. The number of rotatable bonds is 2. The number of nitrogens with zero attached hydrogens (tertiary/aromatic N) is 1. The Morgan fingerprint density at radius 3 is 2.22 bits per heavy atom. The second-order valence-electron chi connectivity index (χ2n) is 6.78. The molecule has 1 atom stereocenters. The second-order valence-corrected chi connectivity index (χ2v) is 7.84. The van der Waals surface area contributed by atoms with Crippen molar-refractivity contribution in [1.82, 2.24) is 0 Å². The van der Waals surface area contributed by atoms with E-state index in [1.54, 1.807) is 28.8 Å². The molecule has 3 rings (SSSR count). The second kappa shape index (κ2) is 6.00. The highest BCUT2D eigenvalue weighted by molar-refractivity contribution is 8.00. The number of hydrogen-bond acceptors (Lipinski definition) is 2. The van der Waals surface area contributed by atoms with Crippen LogP contribution in [-0.4, -0.2) is 11.7 Å². The van der Waals surface area contributed by atoms with Crippen LogP contribution in [0.25, 0.3) is 0 Å².